The monoisotopic (exact) mass is 240 g/mol. The Bertz CT molecular complexity index is 506. The van der Waals surface area contributed by atoms with Crippen molar-refractivity contribution in [3.8, 4) is 0 Å². The standard InChI is InChI=1S/C10H12N2O5/c1-6-11-4-7(10(15)17-3)9(14)12(6)5-8(13)16-2/h4H,5H2,1-3H3. The zero-order valence-corrected chi connectivity index (χ0v) is 9.72. The van der Waals surface area contributed by atoms with Crippen LogP contribution in [-0.2, 0) is 20.8 Å². The molecule has 0 saturated carbocycles. The van der Waals surface area contributed by atoms with Crippen LogP contribution in [0.25, 0.3) is 0 Å². The van der Waals surface area contributed by atoms with Crippen molar-refractivity contribution < 1.29 is 19.1 Å². The summed E-state index contributed by atoms with van der Waals surface area (Å²) in [5.74, 6) is -1.08. The number of methoxy groups -OCH3 is 2. The van der Waals surface area contributed by atoms with E-state index >= 15 is 0 Å². The number of carbonyl (C=O) groups excluding carboxylic acids is 2. The number of ether oxygens (including phenoxy) is 2. The smallest absolute Gasteiger partial charge is 0.345 e. The molecule has 0 atom stereocenters. The Morgan fingerprint density at radius 1 is 1.35 bits per heavy atom. The van der Waals surface area contributed by atoms with Crippen LogP contribution in [0.1, 0.15) is 16.2 Å². The minimum Gasteiger partial charge on any atom is -0.468 e. The first-order valence-electron chi connectivity index (χ1n) is 4.72. The fourth-order valence-electron chi connectivity index (χ4n) is 1.21. The van der Waals surface area contributed by atoms with Gasteiger partial charge in [0, 0.05) is 6.20 Å². The molecule has 92 valence electrons. The lowest BCUT2D eigenvalue weighted by Crippen LogP contribution is -2.32. The van der Waals surface area contributed by atoms with Gasteiger partial charge in [-0.05, 0) is 6.92 Å². The predicted octanol–water partition coefficient (Wildman–Crippen LogP) is -0.489. The number of rotatable bonds is 3. The van der Waals surface area contributed by atoms with Crippen molar-refractivity contribution in [2.45, 2.75) is 13.5 Å². The summed E-state index contributed by atoms with van der Waals surface area (Å²) in [7, 11) is 2.37. The van der Waals surface area contributed by atoms with E-state index in [1.807, 2.05) is 0 Å². The summed E-state index contributed by atoms with van der Waals surface area (Å²) in [4.78, 5) is 38.1. The third-order valence-corrected chi connectivity index (χ3v) is 2.17. The van der Waals surface area contributed by atoms with E-state index in [0.717, 1.165) is 17.9 Å². The van der Waals surface area contributed by atoms with Crippen molar-refractivity contribution in [3.63, 3.8) is 0 Å². The molecule has 0 radical (unpaired) electrons. The molecule has 0 fully saturated rings. The van der Waals surface area contributed by atoms with E-state index in [-0.39, 0.29) is 12.1 Å². The molecule has 0 aliphatic carbocycles. The molecule has 1 heterocycles. The van der Waals surface area contributed by atoms with Gasteiger partial charge < -0.3 is 9.47 Å². The molecule has 1 aromatic rings. The Morgan fingerprint density at radius 3 is 2.53 bits per heavy atom. The largest absolute Gasteiger partial charge is 0.468 e. The minimum absolute atomic E-state index is 0.220. The number of aryl methyl sites for hydroxylation is 1. The van der Waals surface area contributed by atoms with Crippen molar-refractivity contribution >= 4 is 11.9 Å². The van der Waals surface area contributed by atoms with Gasteiger partial charge in [-0.2, -0.15) is 0 Å². The number of esters is 2. The highest BCUT2D eigenvalue weighted by Crippen LogP contribution is 1.97. The molecule has 0 bridgehead atoms. The summed E-state index contributed by atoms with van der Waals surface area (Å²) in [6.45, 7) is 1.25. The molecule has 0 saturated heterocycles. The van der Waals surface area contributed by atoms with Gasteiger partial charge in [-0.15, -0.1) is 0 Å². The number of hydrogen-bond donors (Lipinski definition) is 0. The Morgan fingerprint density at radius 2 is 2.00 bits per heavy atom. The van der Waals surface area contributed by atoms with Crippen LogP contribution < -0.4 is 5.56 Å². The van der Waals surface area contributed by atoms with E-state index in [0.29, 0.717) is 5.82 Å². The third-order valence-electron chi connectivity index (χ3n) is 2.17. The second kappa shape index (κ2) is 5.24. The normalized spacial score (nSPS) is 9.82. The van der Waals surface area contributed by atoms with Gasteiger partial charge in [0.15, 0.2) is 0 Å². The van der Waals surface area contributed by atoms with Gasteiger partial charge in [0.05, 0.1) is 14.2 Å². The number of aromatic nitrogens is 2. The van der Waals surface area contributed by atoms with Crippen LogP contribution >= 0.6 is 0 Å². The Labute approximate surface area is 97.0 Å². The van der Waals surface area contributed by atoms with Crippen molar-refractivity contribution in [1.29, 1.82) is 0 Å². The molecular weight excluding hydrogens is 228 g/mol. The van der Waals surface area contributed by atoms with Gasteiger partial charge >= 0.3 is 11.9 Å². The van der Waals surface area contributed by atoms with E-state index in [1.54, 1.807) is 6.92 Å². The first kappa shape index (κ1) is 12.9. The fourth-order valence-corrected chi connectivity index (χ4v) is 1.21. The van der Waals surface area contributed by atoms with E-state index < -0.39 is 17.5 Å². The van der Waals surface area contributed by atoms with Crippen LogP contribution in [0.2, 0.25) is 0 Å². The van der Waals surface area contributed by atoms with Crippen LogP contribution in [0, 0.1) is 6.92 Å². The summed E-state index contributed by atoms with van der Waals surface area (Å²) < 4.78 is 9.94. The molecule has 1 aromatic heterocycles. The topological polar surface area (TPSA) is 87.5 Å². The highest BCUT2D eigenvalue weighted by atomic mass is 16.5. The van der Waals surface area contributed by atoms with Crippen molar-refractivity contribution in [2.24, 2.45) is 0 Å². The summed E-state index contributed by atoms with van der Waals surface area (Å²) in [5, 5.41) is 0. The van der Waals surface area contributed by atoms with Gasteiger partial charge in [0.25, 0.3) is 5.56 Å². The lowest BCUT2D eigenvalue weighted by Gasteiger charge is -2.08. The highest BCUT2D eigenvalue weighted by Gasteiger charge is 2.16. The van der Waals surface area contributed by atoms with Gasteiger partial charge in [0.1, 0.15) is 17.9 Å². The lowest BCUT2D eigenvalue weighted by molar-refractivity contribution is -0.141. The zero-order valence-electron chi connectivity index (χ0n) is 9.72. The lowest BCUT2D eigenvalue weighted by atomic mass is 10.3. The molecule has 0 unspecified atom stereocenters. The van der Waals surface area contributed by atoms with Crippen LogP contribution in [-0.4, -0.2) is 35.7 Å². The second-order valence-electron chi connectivity index (χ2n) is 3.18. The maximum absolute atomic E-state index is 11.9. The molecule has 0 spiro atoms. The first-order chi connectivity index (χ1) is 8.01. The SMILES string of the molecule is COC(=O)Cn1c(C)ncc(C(=O)OC)c1=O. The summed E-state index contributed by atoms with van der Waals surface area (Å²) in [5.41, 5.74) is -0.850. The number of hydrogen-bond acceptors (Lipinski definition) is 6. The van der Waals surface area contributed by atoms with E-state index in [1.165, 1.54) is 7.11 Å². The molecule has 0 aliphatic rings. The number of nitrogens with zero attached hydrogens (tertiary/aromatic N) is 2. The fraction of sp³-hybridized carbons (Fsp3) is 0.400. The molecule has 0 amide bonds. The van der Waals surface area contributed by atoms with E-state index in [9.17, 15) is 14.4 Å². The van der Waals surface area contributed by atoms with Gasteiger partial charge in [-0.3, -0.25) is 14.2 Å². The average Bonchev–Trinajstić information content (AvgIpc) is 2.33. The van der Waals surface area contributed by atoms with Crippen molar-refractivity contribution in [2.75, 3.05) is 14.2 Å². The average molecular weight is 240 g/mol. The van der Waals surface area contributed by atoms with Crippen LogP contribution in [0.5, 0.6) is 0 Å². The maximum atomic E-state index is 11.9. The molecule has 0 aliphatic heterocycles. The molecular formula is C10H12N2O5. The van der Waals surface area contributed by atoms with Crippen LogP contribution in [0.4, 0.5) is 0 Å². The summed E-state index contributed by atoms with van der Waals surface area (Å²) in [6, 6.07) is 0. The minimum atomic E-state index is -0.791. The maximum Gasteiger partial charge on any atom is 0.345 e. The first-order valence-corrected chi connectivity index (χ1v) is 4.72. The Hall–Kier alpha value is -2.18. The van der Waals surface area contributed by atoms with Gasteiger partial charge in [0.2, 0.25) is 0 Å². The van der Waals surface area contributed by atoms with E-state index in [2.05, 4.69) is 14.5 Å². The van der Waals surface area contributed by atoms with Gasteiger partial charge in [-0.25, -0.2) is 9.78 Å². The molecule has 1 rings (SSSR count). The Kier molecular flexibility index (Phi) is 3.97. The highest BCUT2D eigenvalue weighted by molar-refractivity contribution is 5.88. The second-order valence-corrected chi connectivity index (χ2v) is 3.18. The van der Waals surface area contributed by atoms with Gasteiger partial charge in [-0.1, -0.05) is 0 Å². The molecule has 0 N–H and O–H groups in total. The quantitative estimate of drug-likeness (QED) is 0.662. The third kappa shape index (κ3) is 2.68. The predicted molar refractivity (Wildman–Crippen MR) is 56.6 cm³/mol. The summed E-state index contributed by atoms with van der Waals surface area (Å²) in [6.07, 6.45) is 1.12. The van der Waals surface area contributed by atoms with Crippen LogP contribution in [0.3, 0.4) is 0 Å². The van der Waals surface area contributed by atoms with Crippen LogP contribution in [0.15, 0.2) is 11.0 Å². The zero-order chi connectivity index (χ0) is 13.0. The summed E-state index contributed by atoms with van der Waals surface area (Å²) >= 11 is 0. The van der Waals surface area contributed by atoms with Crippen molar-refractivity contribution in [1.82, 2.24) is 9.55 Å². The molecule has 7 nitrogen and oxygen atoms in total. The van der Waals surface area contributed by atoms with Crippen molar-refractivity contribution in [3.05, 3.63) is 27.9 Å². The molecule has 0 aromatic carbocycles. The Balaban J connectivity index is 3.25. The van der Waals surface area contributed by atoms with E-state index in [4.69, 9.17) is 0 Å². The molecule has 17 heavy (non-hydrogen) atoms. The number of carbonyl (C=O) groups is 2. The molecule has 7 heteroatoms.